The Labute approximate surface area is 103 Å². The van der Waals surface area contributed by atoms with Gasteiger partial charge in [0, 0.05) is 24.3 Å². The van der Waals surface area contributed by atoms with E-state index in [0.29, 0.717) is 6.04 Å². The van der Waals surface area contributed by atoms with E-state index in [1.54, 1.807) is 0 Å². The van der Waals surface area contributed by atoms with Crippen LogP contribution >= 0.6 is 0 Å². The molecule has 3 heteroatoms. The highest BCUT2D eigenvalue weighted by atomic mass is 16.1. The van der Waals surface area contributed by atoms with Gasteiger partial charge in [0.25, 0.3) is 5.56 Å². The zero-order valence-corrected chi connectivity index (χ0v) is 10.8. The van der Waals surface area contributed by atoms with Gasteiger partial charge in [-0.25, -0.2) is 0 Å². The molecular formula is C14H22N2O. The summed E-state index contributed by atoms with van der Waals surface area (Å²) in [5.41, 5.74) is 0.981. The summed E-state index contributed by atoms with van der Waals surface area (Å²) in [6, 6.07) is 4.31. The Bertz CT molecular complexity index is 420. The molecule has 1 unspecified atom stereocenters. The zero-order valence-electron chi connectivity index (χ0n) is 10.8. The van der Waals surface area contributed by atoms with E-state index in [9.17, 15) is 4.79 Å². The Hall–Kier alpha value is -1.09. The third-order valence-corrected chi connectivity index (χ3v) is 3.45. The Kier molecular flexibility index (Phi) is 4.00. The fourth-order valence-electron chi connectivity index (χ4n) is 2.22. The van der Waals surface area contributed by atoms with Crippen LogP contribution in [0.4, 0.5) is 0 Å². The van der Waals surface area contributed by atoms with Gasteiger partial charge < -0.3 is 9.88 Å². The van der Waals surface area contributed by atoms with Crippen molar-refractivity contribution in [1.82, 2.24) is 9.88 Å². The Morgan fingerprint density at radius 1 is 1.53 bits per heavy atom. The third kappa shape index (κ3) is 3.19. The van der Waals surface area contributed by atoms with E-state index in [1.807, 2.05) is 29.8 Å². The zero-order chi connectivity index (χ0) is 12.3. The summed E-state index contributed by atoms with van der Waals surface area (Å²) < 4.78 is 1.85. The molecule has 1 atom stereocenters. The third-order valence-electron chi connectivity index (χ3n) is 3.45. The Balaban J connectivity index is 2.06. The minimum atomic E-state index is 0.149. The lowest BCUT2D eigenvalue weighted by molar-refractivity contribution is 0.402. The highest BCUT2D eigenvalue weighted by Gasteiger charge is 2.30. The van der Waals surface area contributed by atoms with Crippen LogP contribution in [0.1, 0.15) is 31.7 Å². The summed E-state index contributed by atoms with van der Waals surface area (Å²) in [5, 5.41) is 3.57. The summed E-state index contributed by atoms with van der Waals surface area (Å²) in [4.78, 5) is 12.0. The van der Waals surface area contributed by atoms with E-state index in [2.05, 4.69) is 12.2 Å². The average molecular weight is 234 g/mol. The quantitative estimate of drug-likeness (QED) is 0.816. The van der Waals surface area contributed by atoms with E-state index >= 15 is 0 Å². The van der Waals surface area contributed by atoms with Gasteiger partial charge in [-0.2, -0.15) is 0 Å². The molecular weight excluding hydrogens is 212 g/mol. The van der Waals surface area contributed by atoms with Crippen LogP contribution in [0.3, 0.4) is 0 Å². The lowest BCUT2D eigenvalue weighted by atomic mass is 10.1. The molecule has 1 fully saturated rings. The number of aryl methyl sites for hydroxylation is 1. The summed E-state index contributed by atoms with van der Waals surface area (Å²) in [6.07, 6.45) is 5.66. The normalized spacial score (nSPS) is 17.1. The summed E-state index contributed by atoms with van der Waals surface area (Å²) in [5.74, 6) is 0.772. The van der Waals surface area contributed by atoms with Crippen LogP contribution in [0.5, 0.6) is 0 Å². The van der Waals surface area contributed by atoms with Crippen molar-refractivity contribution in [2.45, 2.75) is 45.7 Å². The molecule has 0 radical (unpaired) electrons. The highest BCUT2D eigenvalue weighted by Crippen LogP contribution is 2.33. The average Bonchev–Trinajstić information content (AvgIpc) is 3.14. The molecule has 1 heterocycles. The second-order valence-electron chi connectivity index (χ2n) is 5.05. The molecule has 2 rings (SSSR count). The maximum absolute atomic E-state index is 12.0. The first kappa shape index (κ1) is 12.4. The molecule has 1 aromatic heterocycles. The first-order chi connectivity index (χ1) is 8.22. The topological polar surface area (TPSA) is 34.0 Å². The van der Waals surface area contributed by atoms with E-state index in [0.717, 1.165) is 31.0 Å². The number of nitrogens with zero attached hydrogens (tertiary/aromatic N) is 1. The Morgan fingerprint density at radius 3 is 2.94 bits per heavy atom. The van der Waals surface area contributed by atoms with Crippen LogP contribution in [0, 0.1) is 12.8 Å². The first-order valence-electron chi connectivity index (χ1n) is 6.61. The lowest BCUT2D eigenvalue weighted by Gasteiger charge is -2.19. The SMILES string of the molecule is CCCNC(Cn1cccc(C)c1=O)C1CC1. The van der Waals surface area contributed by atoms with Crippen LogP contribution in [-0.4, -0.2) is 17.2 Å². The standard InChI is InChI=1S/C14H22N2O/c1-3-8-15-13(12-6-7-12)10-16-9-4-5-11(2)14(16)17/h4-5,9,12-13,15H,3,6-8,10H2,1-2H3. The molecule has 1 aliphatic carbocycles. The van der Waals surface area contributed by atoms with Gasteiger partial charge in [0.15, 0.2) is 0 Å². The van der Waals surface area contributed by atoms with Crippen LogP contribution in [-0.2, 0) is 6.54 Å². The van der Waals surface area contributed by atoms with Crippen molar-refractivity contribution in [2.24, 2.45) is 5.92 Å². The van der Waals surface area contributed by atoms with Gasteiger partial charge >= 0.3 is 0 Å². The number of rotatable bonds is 6. The lowest BCUT2D eigenvalue weighted by Crippen LogP contribution is -2.38. The molecule has 0 aromatic carbocycles. The van der Waals surface area contributed by atoms with Crippen molar-refractivity contribution >= 4 is 0 Å². The van der Waals surface area contributed by atoms with Crippen molar-refractivity contribution in [3.05, 3.63) is 34.2 Å². The summed E-state index contributed by atoms with van der Waals surface area (Å²) in [6.45, 7) is 5.91. The monoisotopic (exact) mass is 234 g/mol. The van der Waals surface area contributed by atoms with Gasteiger partial charge in [-0.05, 0) is 44.7 Å². The molecule has 1 N–H and O–H groups in total. The van der Waals surface area contributed by atoms with E-state index in [4.69, 9.17) is 0 Å². The molecule has 17 heavy (non-hydrogen) atoms. The molecule has 3 nitrogen and oxygen atoms in total. The molecule has 0 spiro atoms. The molecule has 0 aliphatic heterocycles. The van der Waals surface area contributed by atoms with Gasteiger partial charge in [0.1, 0.15) is 0 Å². The molecule has 0 amide bonds. The predicted octanol–water partition coefficient (Wildman–Crippen LogP) is 1.93. The minimum absolute atomic E-state index is 0.149. The maximum atomic E-state index is 12.0. The van der Waals surface area contributed by atoms with Gasteiger partial charge in [-0.15, -0.1) is 0 Å². The van der Waals surface area contributed by atoms with Gasteiger partial charge in [-0.1, -0.05) is 13.0 Å². The summed E-state index contributed by atoms with van der Waals surface area (Å²) in [7, 11) is 0. The van der Waals surface area contributed by atoms with Crippen molar-refractivity contribution < 1.29 is 0 Å². The number of aromatic nitrogens is 1. The van der Waals surface area contributed by atoms with Crippen LogP contribution in [0.2, 0.25) is 0 Å². The smallest absolute Gasteiger partial charge is 0.253 e. The number of pyridine rings is 1. The van der Waals surface area contributed by atoms with Gasteiger partial charge in [0.2, 0.25) is 0 Å². The fourth-order valence-corrected chi connectivity index (χ4v) is 2.22. The molecule has 1 saturated carbocycles. The molecule has 1 aliphatic rings. The van der Waals surface area contributed by atoms with E-state index in [-0.39, 0.29) is 5.56 Å². The molecule has 94 valence electrons. The molecule has 0 bridgehead atoms. The second kappa shape index (κ2) is 5.50. The number of nitrogens with one attached hydrogen (secondary N) is 1. The maximum Gasteiger partial charge on any atom is 0.253 e. The largest absolute Gasteiger partial charge is 0.314 e. The first-order valence-corrected chi connectivity index (χ1v) is 6.61. The fraction of sp³-hybridized carbons (Fsp3) is 0.643. The molecule has 0 saturated heterocycles. The van der Waals surface area contributed by atoms with E-state index in [1.165, 1.54) is 12.8 Å². The minimum Gasteiger partial charge on any atom is -0.314 e. The van der Waals surface area contributed by atoms with Crippen molar-refractivity contribution in [1.29, 1.82) is 0 Å². The number of hydrogen-bond acceptors (Lipinski definition) is 2. The highest BCUT2D eigenvalue weighted by molar-refractivity contribution is 5.08. The van der Waals surface area contributed by atoms with Crippen molar-refractivity contribution in [3.63, 3.8) is 0 Å². The number of hydrogen-bond donors (Lipinski definition) is 1. The van der Waals surface area contributed by atoms with Gasteiger partial charge in [-0.3, -0.25) is 4.79 Å². The Morgan fingerprint density at radius 2 is 2.29 bits per heavy atom. The van der Waals surface area contributed by atoms with Crippen LogP contribution in [0.15, 0.2) is 23.1 Å². The second-order valence-corrected chi connectivity index (χ2v) is 5.05. The van der Waals surface area contributed by atoms with Crippen molar-refractivity contribution in [3.8, 4) is 0 Å². The van der Waals surface area contributed by atoms with Crippen LogP contribution < -0.4 is 10.9 Å². The predicted molar refractivity (Wildman–Crippen MR) is 70.2 cm³/mol. The van der Waals surface area contributed by atoms with Crippen LogP contribution in [0.25, 0.3) is 0 Å². The molecule has 1 aromatic rings. The van der Waals surface area contributed by atoms with E-state index < -0.39 is 0 Å². The van der Waals surface area contributed by atoms with Gasteiger partial charge in [0.05, 0.1) is 0 Å². The summed E-state index contributed by atoms with van der Waals surface area (Å²) >= 11 is 0. The van der Waals surface area contributed by atoms with Crippen molar-refractivity contribution in [2.75, 3.05) is 6.54 Å².